The molecule has 0 heterocycles. The van der Waals surface area contributed by atoms with Gasteiger partial charge in [-0.25, -0.2) is 9.59 Å². The predicted molar refractivity (Wildman–Crippen MR) is 66.3 cm³/mol. The summed E-state index contributed by atoms with van der Waals surface area (Å²) in [7, 11) is 1.20. The van der Waals surface area contributed by atoms with Crippen LogP contribution in [-0.2, 0) is 19.1 Å². The number of nitrogens with one attached hydrogen (secondary N) is 4. The van der Waals surface area contributed by atoms with Crippen LogP contribution in [0.4, 0.5) is 9.59 Å². The molecule has 0 spiro atoms. The van der Waals surface area contributed by atoms with Crippen molar-refractivity contribution < 1.29 is 28.7 Å². The minimum atomic E-state index is -0.751. The molecule has 10 nitrogen and oxygen atoms in total. The first-order chi connectivity index (χ1) is 9.45. The predicted octanol–water partition coefficient (Wildman–Crippen LogP) is -1.37. The van der Waals surface area contributed by atoms with E-state index in [9.17, 15) is 19.2 Å². The van der Waals surface area contributed by atoms with Crippen LogP contribution >= 0.6 is 0 Å². The fraction of sp³-hybridized carbons (Fsp3) is 0.600. The maximum atomic E-state index is 11.2. The van der Waals surface area contributed by atoms with Crippen LogP contribution < -0.4 is 21.3 Å². The lowest BCUT2D eigenvalue weighted by Crippen LogP contribution is -2.38. The van der Waals surface area contributed by atoms with Gasteiger partial charge in [0.05, 0.1) is 26.9 Å². The molecule has 0 fully saturated rings. The van der Waals surface area contributed by atoms with E-state index in [-0.39, 0.29) is 32.3 Å². The lowest BCUT2D eigenvalue weighted by molar-refractivity contribution is -0.121. The molecule has 0 aliphatic rings. The topological polar surface area (TPSA) is 135 Å². The smallest absolute Gasteiger partial charge is 0.408 e. The van der Waals surface area contributed by atoms with Crippen molar-refractivity contribution in [3.63, 3.8) is 0 Å². The lowest BCUT2D eigenvalue weighted by Gasteiger charge is -2.08. The van der Waals surface area contributed by atoms with Crippen LogP contribution in [0.5, 0.6) is 0 Å². The summed E-state index contributed by atoms with van der Waals surface area (Å²) in [5.74, 6) is -0.696. The summed E-state index contributed by atoms with van der Waals surface area (Å²) in [6, 6.07) is 0. The van der Waals surface area contributed by atoms with E-state index in [0.717, 1.165) is 0 Å². The van der Waals surface area contributed by atoms with Gasteiger partial charge >= 0.3 is 12.2 Å². The maximum absolute atomic E-state index is 11.2. The first kappa shape index (κ1) is 17.5. The van der Waals surface area contributed by atoms with Gasteiger partial charge in [0.2, 0.25) is 11.8 Å². The third kappa shape index (κ3) is 10.6. The van der Waals surface area contributed by atoms with Gasteiger partial charge in [0.25, 0.3) is 0 Å². The second kappa shape index (κ2) is 10.4. The molecule has 4 N–H and O–H groups in total. The van der Waals surface area contributed by atoms with E-state index in [1.54, 1.807) is 0 Å². The number of amides is 4. The van der Waals surface area contributed by atoms with Crippen LogP contribution in [0.1, 0.15) is 13.3 Å². The number of methoxy groups -OCH3 is 1. The molecule has 0 rings (SSSR count). The number of carbonyl (C=O) groups excluding carboxylic acids is 4. The molecular formula is C10H18N4O6. The summed E-state index contributed by atoms with van der Waals surface area (Å²) >= 11 is 0. The standard InChI is InChI=1S/C10H18N4O6/c1-7(15)11-5-14-10(18)20-4-3-8(16)12-6-13-9(17)19-2/h3-6H2,1-2H3,(H,11,15)(H,12,16)(H,13,17)(H,14,18). The number of rotatable bonds is 7. The largest absolute Gasteiger partial charge is 0.453 e. The Bertz CT molecular complexity index is 360. The van der Waals surface area contributed by atoms with E-state index in [0.29, 0.717) is 0 Å². The Kier molecular flexibility index (Phi) is 9.10. The molecule has 20 heavy (non-hydrogen) atoms. The first-order valence-corrected chi connectivity index (χ1v) is 5.69. The van der Waals surface area contributed by atoms with Gasteiger partial charge in [0.15, 0.2) is 0 Å². The molecule has 0 aromatic carbocycles. The zero-order chi connectivity index (χ0) is 15.4. The molecule has 10 heteroatoms. The van der Waals surface area contributed by atoms with E-state index in [1.165, 1.54) is 14.0 Å². The number of carbonyl (C=O) groups is 4. The van der Waals surface area contributed by atoms with Crippen LogP contribution in [-0.4, -0.2) is 51.1 Å². The van der Waals surface area contributed by atoms with Gasteiger partial charge in [0.1, 0.15) is 6.61 Å². The third-order valence-corrected chi connectivity index (χ3v) is 1.84. The van der Waals surface area contributed by atoms with Gasteiger partial charge in [-0.3, -0.25) is 9.59 Å². The van der Waals surface area contributed by atoms with Gasteiger partial charge in [-0.1, -0.05) is 0 Å². The molecule has 0 saturated carbocycles. The third-order valence-electron chi connectivity index (χ3n) is 1.84. The Hall–Kier alpha value is -2.52. The minimum absolute atomic E-state index is 0.0522. The second-order valence-electron chi connectivity index (χ2n) is 3.42. The molecule has 0 bridgehead atoms. The highest BCUT2D eigenvalue weighted by Crippen LogP contribution is 1.84. The average Bonchev–Trinajstić information content (AvgIpc) is 2.38. The fourth-order valence-electron chi connectivity index (χ4n) is 0.904. The zero-order valence-corrected chi connectivity index (χ0v) is 11.3. The first-order valence-electron chi connectivity index (χ1n) is 5.69. The van der Waals surface area contributed by atoms with Crippen molar-refractivity contribution in [3.8, 4) is 0 Å². The molecule has 0 radical (unpaired) electrons. The molecule has 0 unspecified atom stereocenters. The Morgan fingerprint density at radius 1 is 0.900 bits per heavy atom. The van der Waals surface area contributed by atoms with Gasteiger partial charge in [0, 0.05) is 6.92 Å². The second-order valence-corrected chi connectivity index (χ2v) is 3.42. The van der Waals surface area contributed by atoms with E-state index in [4.69, 9.17) is 0 Å². The quantitative estimate of drug-likeness (QED) is 0.427. The highest BCUT2D eigenvalue weighted by molar-refractivity contribution is 5.77. The van der Waals surface area contributed by atoms with E-state index in [1.807, 2.05) is 0 Å². The number of hydrogen-bond acceptors (Lipinski definition) is 6. The Morgan fingerprint density at radius 2 is 1.50 bits per heavy atom. The maximum Gasteiger partial charge on any atom is 0.408 e. The van der Waals surface area contributed by atoms with E-state index in [2.05, 4.69) is 30.7 Å². The normalized spacial score (nSPS) is 9.10. The zero-order valence-electron chi connectivity index (χ0n) is 11.3. The monoisotopic (exact) mass is 290 g/mol. The summed E-state index contributed by atoms with van der Waals surface area (Å²) in [6.07, 6.45) is -1.48. The molecule has 0 saturated heterocycles. The van der Waals surface area contributed by atoms with Crippen molar-refractivity contribution in [1.82, 2.24) is 21.3 Å². The lowest BCUT2D eigenvalue weighted by atomic mass is 10.4. The molecule has 4 amide bonds. The van der Waals surface area contributed by atoms with Gasteiger partial charge in [-0.15, -0.1) is 0 Å². The molecule has 0 aromatic heterocycles. The van der Waals surface area contributed by atoms with Crippen molar-refractivity contribution in [2.75, 3.05) is 27.1 Å². The number of hydrogen-bond donors (Lipinski definition) is 4. The van der Waals surface area contributed by atoms with Crippen molar-refractivity contribution in [2.45, 2.75) is 13.3 Å². The van der Waals surface area contributed by atoms with Crippen molar-refractivity contribution >= 4 is 24.0 Å². The summed E-state index contributed by atoms with van der Waals surface area (Å²) in [4.78, 5) is 43.4. The highest BCUT2D eigenvalue weighted by Gasteiger charge is 2.05. The fourth-order valence-corrected chi connectivity index (χ4v) is 0.904. The molecule has 114 valence electrons. The number of ether oxygens (including phenoxy) is 2. The van der Waals surface area contributed by atoms with Crippen LogP contribution in [0, 0.1) is 0 Å². The van der Waals surface area contributed by atoms with E-state index < -0.39 is 18.1 Å². The van der Waals surface area contributed by atoms with Crippen molar-refractivity contribution in [1.29, 1.82) is 0 Å². The summed E-state index contributed by atoms with van der Waals surface area (Å²) in [5, 5.41) is 9.20. The van der Waals surface area contributed by atoms with Crippen LogP contribution in [0.15, 0.2) is 0 Å². The van der Waals surface area contributed by atoms with Gasteiger partial charge in [-0.2, -0.15) is 0 Å². The van der Waals surface area contributed by atoms with Crippen molar-refractivity contribution in [2.24, 2.45) is 0 Å². The Morgan fingerprint density at radius 3 is 2.10 bits per heavy atom. The van der Waals surface area contributed by atoms with E-state index >= 15 is 0 Å². The Balaban J connectivity index is 3.53. The van der Waals surface area contributed by atoms with Crippen LogP contribution in [0.2, 0.25) is 0 Å². The Labute approximate surface area is 115 Å². The van der Waals surface area contributed by atoms with Crippen LogP contribution in [0.3, 0.4) is 0 Å². The number of alkyl carbamates (subject to hydrolysis) is 2. The molecule has 0 atom stereocenters. The summed E-state index contributed by atoms with van der Waals surface area (Å²) in [5.41, 5.74) is 0. The van der Waals surface area contributed by atoms with Crippen LogP contribution in [0.25, 0.3) is 0 Å². The average molecular weight is 290 g/mol. The summed E-state index contributed by atoms with van der Waals surface area (Å²) in [6.45, 7) is 1.04. The summed E-state index contributed by atoms with van der Waals surface area (Å²) < 4.78 is 8.96. The van der Waals surface area contributed by atoms with Gasteiger partial charge in [-0.05, 0) is 0 Å². The molecule has 0 aliphatic carbocycles. The molecule has 0 aromatic rings. The van der Waals surface area contributed by atoms with Gasteiger partial charge < -0.3 is 30.7 Å². The highest BCUT2D eigenvalue weighted by atomic mass is 16.5. The minimum Gasteiger partial charge on any atom is -0.453 e. The molecule has 0 aliphatic heterocycles. The van der Waals surface area contributed by atoms with Crippen molar-refractivity contribution in [3.05, 3.63) is 0 Å². The SMILES string of the molecule is COC(=O)NCNC(=O)CCOC(=O)NCNC(C)=O. The molecular weight excluding hydrogens is 272 g/mol.